The van der Waals surface area contributed by atoms with E-state index in [2.05, 4.69) is 33.8 Å². The Bertz CT molecular complexity index is 689. The lowest BCUT2D eigenvalue weighted by molar-refractivity contribution is -0.166. The van der Waals surface area contributed by atoms with Gasteiger partial charge in [0.2, 0.25) is 0 Å². The van der Waals surface area contributed by atoms with Crippen LogP contribution in [0.4, 0.5) is 0 Å². The molecule has 146 valence electrons. The normalized spacial score (nSPS) is 18.4. The van der Waals surface area contributed by atoms with E-state index in [-0.39, 0.29) is 5.97 Å². The molecule has 1 aromatic rings. The summed E-state index contributed by atoms with van der Waals surface area (Å²) < 4.78 is 11.6. The SMILES string of the molecule is CCOC(=O)C(OC(C)(C)C)c1c(C)sc(C)c1C1=CCC(C)(C)CC1. The first-order chi connectivity index (χ1) is 11.9. The molecule has 0 aromatic carbocycles. The van der Waals surface area contributed by atoms with E-state index >= 15 is 0 Å². The van der Waals surface area contributed by atoms with Crippen LogP contribution in [0.15, 0.2) is 6.08 Å². The summed E-state index contributed by atoms with van der Waals surface area (Å²) in [5.74, 6) is -0.290. The van der Waals surface area contributed by atoms with Crippen molar-refractivity contribution < 1.29 is 14.3 Å². The third-order valence-electron chi connectivity index (χ3n) is 4.83. The highest BCUT2D eigenvalue weighted by Crippen LogP contribution is 2.45. The van der Waals surface area contributed by atoms with Crippen LogP contribution in [-0.4, -0.2) is 18.2 Å². The molecule has 1 atom stereocenters. The zero-order chi connectivity index (χ0) is 19.7. The lowest BCUT2D eigenvalue weighted by Gasteiger charge is -2.31. The molecule has 0 fully saturated rings. The monoisotopic (exact) mass is 378 g/mol. The van der Waals surface area contributed by atoms with Gasteiger partial charge < -0.3 is 9.47 Å². The predicted octanol–water partition coefficient (Wildman–Crippen LogP) is 6.38. The fraction of sp³-hybridized carbons (Fsp3) is 0.682. The smallest absolute Gasteiger partial charge is 0.340 e. The number of hydrogen-bond acceptors (Lipinski definition) is 4. The van der Waals surface area contributed by atoms with Crippen LogP contribution in [0.25, 0.3) is 5.57 Å². The van der Waals surface area contributed by atoms with Crippen LogP contribution in [0.5, 0.6) is 0 Å². The molecule has 1 unspecified atom stereocenters. The van der Waals surface area contributed by atoms with Gasteiger partial charge in [0, 0.05) is 15.3 Å². The number of thiophene rings is 1. The number of carbonyl (C=O) groups excluding carboxylic acids is 1. The zero-order valence-electron chi connectivity index (χ0n) is 17.6. The van der Waals surface area contributed by atoms with Crippen molar-refractivity contribution in [1.82, 2.24) is 0 Å². The molecule has 3 nitrogen and oxygen atoms in total. The van der Waals surface area contributed by atoms with E-state index in [4.69, 9.17) is 9.47 Å². The first-order valence-electron chi connectivity index (χ1n) is 9.59. The molecule has 26 heavy (non-hydrogen) atoms. The molecule has 1 aliphatic carbocycles. The maximum Gasteiger partial charge on any atom is 0.340 e. The summed E-state index contributed by atoms with van der Waals surface area (Å²) in [7, 11) is 0. The highest BCUT2D eigenvalue weighted by atomic mass is 32.1. The number of esters is 1. The van der Waals surface area contributed by atoms with Gasteiger partial charge in [0.15, 0.2) is 6.10 Å². The van der Waals surface area contributed by atoms with Crippen molar-refractivity contribution in [2.24, 2.45) is 5.41 Å². The van der Waals surface area contributed by atoms with E-state index in [1.807, 2.05) is 27.7 Å². The van der Waals surface area contributed by atoms with Gasteiger partial charge in [0.1, 0.15) is 0 Å². The van der Waals surface area contributed by atoms with Crippen molar-refractivity contribution in [3.63, 3.8) is 0 Å². The summed E-state index contributed by atoms with van der Waals surface area (Å²) in [6.45, 7) is 17.0. The number of ether oxygens (including phenoxy) is 2. The van der Waals surface area contributed by atoms with Crippen molar-refractivity contribution in [1.29, 1.82) is 0 Å². The number of hydrogen-bond donors (Lipinski definition) is 0. The molecule has 0 N–H and O–H groups in total. The van der Waals surface area contributed by atoms with Gasteiger partial charge in [-0.1, -0.05) is 19.9 Å². The summed E-state index contributed by atoms with van der Waals surface area (Å²) >= 11 is 1.75. The maximum absolute atomic E-state index is 12.8. The number of allylic oxidation sites excluding steroid dienone is 2. The Labute approximate surface area is 162 Å². The van der Waals surface area contributed by atoms with Crippen molar-refractivity contribution in [2.45, 2.75) is 86.4 Å². The second-order valence-electron chi connectivity index (χ2n) is 8.96. The fourth-order valence-electron chi connectivity index (χ4n) is 3.52. The molecule has 0 spiro atoms. The van der Waals surface area contributed by atoms with Gasteiger partial charge in [-0.25, -0.2) is 4.79 Å². The molecule has 1 heterocycles. The lowest BCUT2D eigenvalue weighted by Crippen LogP contribution is -2.29. The van der Waals surface area contributed by atoms with Crippen molar-refractivity contribution in [3.05, 3.63) is 27.0 Å². The molecule has 0 aliphatic heterocycles. The molecule has 0 radical (unpaired) electrons. The highest BCUT2D eigenvalue weighted by molar-refractivity contribution is 7.12. The predicted molar refractivity (Wildman–Crippen MR) is 110 cm³/mol. The quantitative estimate of drug-likeness (QED) is 0.558. The largest absolute Gasteiger partial charge is 0.464 e. The summed E-state index contributed by atoms with van der Waals surface area (Å²) in [6.07, 6.45) is 4.96. The van der Waals surface area contributed by atoms with Crippen LogP contribution in [0, 0.1) is 19.3 Å². The Kier molecular flexibility index (Phi) is 6.40. The van der Waals surface area contributed by atoms with Crippen LogP contribution in [0.1, 0.15) is 87.8 Å². The molecular weight excluding hydrogens is 344 g/mol. The van der Waals surface area contributed by atoms with E-state index in [0.29, 0.717) is 12.0 Å². The van der Waals surface area contributed by atoms with E-state index in [1.54, 1.807) is 11.3 Å². The summed E-state index contributed by atoms with van der Waals surface area (Å²) in [4.78, 5) is 15.2. The average Bonchev–Trinajstić information content (AvgIpc) is 2.78. The molecule has 0 saturated carbocycles. The zero-order valence-corrected chi connectivity index (χ0v) is 18.4. The second-order valence-corrected chi connectivity index (χ2v) is 10.4. The Hall–Kier alpha value is -1.13. The summed E-state index contributed by atoms with van der Waals surface area (Å²) in [6, 6.07) is 0. The van der Waals surface area contributed by atoms with Gasteiger partial charge in [-0.05, 0) is 77.4 Å². The van der Waals surface area contributed by atoms with E-state index in [9.17, 15) is 4.79 Å². The minimum atomic E-state index is -0.675. The van der Waals surface area contributed by atoms with Crippen LogP contribution >= 0.6 is 11.3 Å². The Morgan fingerprint density at radius 2 is 1.92 bits per heavy atom. The highest BCUT2D eigenvalue weighted by Gasteiger charge is 2.35. The summed E-state index contributed by atoms with van der Waals surface area (Å²) in [5, 5.41) is 0. The minimum Gasteiger partial charge on any atom is -0.464 e. The topological polar surface area (TPSA) is 35.5 Å². The van der Waals surface area contributed by atoms with Crippen molar-refractivity contribution in [3.8, 4) is 0 Å². The Morgan fingerprint density at radius 1 is 1.27 bits per heavy atom. The van der Waals surface area contributed by atoms with E-state index < -0.39 is 11.7 Å². The van der Waals surface area contributed by atoms with Crippen molar-refractivity contribution >= 4 is 22.9 Å². The van der Waals surface area contributed by atoms with Gasteiger partial charge in [-0.3, -0.25) is 0 Å². The van der Waals surface area contributed by atoms with Crippen molar-refractivity contribution in [2.75, 3.05) is 6.61 Å². The molecule has 0 bridgehead atoms. The second kappa shape index (κ2) is 7.85. The third-order valence-corrected chi connectivity index (χ3v) is 5.87. The Balaban J connectivity index is 2.52. The lowest BCUT2D eigenvalue weighted by atomic mass is 9.76. The standard InChI is InChI=1S/C22H34O3S/c1-9-24-20(23)19(25-21(4,5)6)18-15(3)26-14(2)17(18)16-10-12-22(7,8)13-11-16/h10,19H,9,11-13H2,1-8H3. The molecule has 1 aromatic heterocycles. The number of rotatable bonds is 5. The van der Waals surface area contributed by atoms with E-state index in [0.717, 1.165) is 29.7 Å². The maximum atomic E-state index is 12.8. The third kappa shape index (κ3) is 4.98. The first kappa shape index (κ1) is 21.2. The van der Waals surface area contributed by atoms with Crippen LogP contribution in [-0.2, 0) is 14.3 Å². The minimum absolute atomic E-state index is 0.290. The van der Waals surface area contributed by atoms with Gasteiger partial charge in [0.05, 0.1) is 12.2 Å². The van der Waals surface area contributed by atoms with Crippen LogP contribution < -0.4 is 0 Å². The van der Waals surface area contributed by atoms with Gasteiger partial charge in [-0.15, -0.1) is 11.3 Å². The van der Waals surface area contributed by atoms with Crippen LogP contribution in [0.2, 0.25) is 0 Å². The molecular formula is C22H34O3S. The number of carbonyl (C=O) groups is 1. The number of aryl methyl sites for hydroxylation is 2. The molecule has 0 amide bonds. The molecule has 2 rings (SSSR count). The van der Waals surface area contributed by atoms with Gasteiger partial charge >= 0.3 is 5.97 Å². The molecule has 1 aliphatic rings. The van der Waals surface area contributed by atoms with Gasteiger partial charge in [0.25, 0.3) is 0 Å². The summed E-state index contributed by atoms with van der Waals surface area (Å²) in [5.41, 5.74) is 3.50. The molecule has 0 saturated heterocycles. The van der Waals surface area contributed by atoms with Crippen LogP contribution in [0.3, 0.4) is 0 Å². The molecule has 4 heteroatoms. The first-order valence-corrected chi connectivity index (χ1v) is 10.4. The van der Waals surface area contributed by atoms with E-state index in [1.165, 1.54) is 16.0 Å². The fourth-order valence-corrected chi connectivity index (χ4v) is 4.64. The Morgan fingerprint density at radius 3 is 2.42 bits per heavy atom. The van der Waals surface area contributed by atoms with Gasteiger partial charge in [-0.2, -0.15) is 0 Å². The average molecular weight is 379 g/mol.